The van der Waals surface area contributed by atoms with Gasteiger partial charge in [-0.1, -0.05) is 45.0 Å². The first-order chi connectivity index (χ1) is 8.32. The van der Waals surface area contributed by atoms with Gasteiger partial charge in [0.1, 0.15) is 0 Å². The number of nitrogens with zero attached hydrogens (tertiary/aromatic N) is 1. The average Bonchev–Trinajstić information content (AvgIpc) is 2.64. The van der Waals surface area contributed by atoms with E-state index >= 15 is 0 Å². The molecule has 18 heavy (non-hydrogen) atoms. The minimum absolute atomic E-state index is 0.205. The Bertz CT molecular complexity index is 421. The fourth-order valence-corrected chi connectivity index (χ4v) is 2.82. The Morgan fingerprint density at radius 1 is 1.28 bits per heavy atom. The van der Waals surface area contributed by atoms with E-state index in [4.69, 9.17) is 0 Å². The van der Waals surface area contributed by atoms with Crippen LogP contribution in [0.2, 0.25) is 0 Å². The van der Waals surface area contributed by atoms with Crippen LogP contribution >= 0.6 is 0 Å². The lowest BCUT2D eigenvalue weighted by Crippen LogP contribution is -2.47. The highest BCUT2D eigenvalue weighted by Crippen LogP contribution is 2.36. The maximum absolute atomic E-state index is 10.5. The number of hydrogen-bond donors (Lipinski definition) is 1. The second-order valence-corrected chi connectivity index (χ2v) is 6.62. The quantitative estimate of drug-likeness (QED) is 0.868. The summed E-state index contributed by atoms with van der Waals surface area (Å²) in [6.45, 7) is 9.00. The molecule has 3 atom stereocenters. The van der Waals surface area contributed by atoms with E-state index in [0.29, 0.717) is 6.04 Å². The van der Waals surface area contributed by atoms with Gasteiger partial charge in [0.05, 0.1) is 6.10 Å². The van der Waals surface area contributed by atoms with Crippen molar-refractivity contribution in [2.24, 2.45) is 5.41 Å². The predicted molar refractivity (Wildman–Crippen MR) is 75.6 cm³/mol. The zero-order valence-corrected chi connectivity index (χ0v) is 12.1. The van der Waals surface area contributed by atoms with Gasteiger partial charge < -0.3 is 5.11 Å². The van der Waals surface area contributed by atoms with E-state index in [0.717, 1.165) is 12.0 Å². The highest BCUT2D eigenvalue weighted by atomic mass is 16.3. The number of aliphatic hydroxyl groups excluding tert-OH is 1. The molecule has 0 radical (unpaired) electrons. The molecule has 0 heterocycles. The second-order valence-electron chi connectivity index (χ2n) is 6.62. The molecule has 0 bridgehead atoms. The molecule has 2 rings (SSSR count). The Morgan fingerprint density at radius 3 is 2.44 bits per heavy atom. The van der Waals surface area contributed by atoms with Gasteiger partial charge in [0.15, 0.2) is 0 Å². The topological polar surface area (TPSA) is 23.5 Å². The summed E-state index contributed by atoms with van der Waals surface area (Å²) >= 11 is 0. The lowest BCUT2D eigenvalue weighted by atomic mass is 9.86. The molecule has 2 nitrogen and oxygen atoms in total. The Hall–Kier alpha value is -0.860. The van der Waals surface area contributed by atoms with Crippen LogP contribution in [0.15, 0.2) is 24.3 Å². The molecule has 0 saturated heterocycles. The summed E-state index contributed by atoms with van der Waals surface area (Å²) in [5.41, 5.74) is 2.63. The largest absolute Gasteiger partial charge is 0.387 e. The molecule has 1 aromatic rings. The van der Waals surface area contributed by atoms with Crippen LogP contribution in [-0.4, -0.2) is 29.1 Å². The monoisotopic (exact) mass is 247 g/mol. The summed E-state index contributed by atoms with van der Waals surface area (Å²) < 4.78 is 0. The van der Waals surface area contributed by atoms with Gasteiger partial charge >= 0.3 is 0 Å². The molecular formula is C16H25NO. The molecule has 0 saturated carbocycles. The van der Waals surface area contributed by atoms with Crippen LogP contribution in [0, 0.1) is 5.41 Å². The number of rotatable bonds is 2. The molecule has 0 aromatic heterocycles. The summed E-state index contributed by atoms with van der Waals surface area (Å²) in [5.74, 6) is 0. The van der Waals surface area contributed by atoms with Crippen LogP contribution in [-0.2, 0) is 6.42 Å². The maximum Gasteiger partial charge on any atom is 0.0951 e. The van der Waals surface area contributed by atoms with Crippen LogP contribution in [0.4, 0.5) is 0 Å². The lowest BCUT2D eigenvalue weighted by Gasteiger charge is -2.40. The fraction of sp³-hybridized carbons (Fsp3) is 0.625. The summed E-state index contributed by atoms with van der Waals surface area (Å²) in [4.78, 5) is 2.34. The SMILES string of the molecule is CC(N(C)C1Cc2ccccc2C1O)C(C)(C)C. The van der Waals surface area contributed by atoms with E-state index in [2.05, 4.69) is 57.8 Å². The molecule has 100 valence electrons. The highest BCUT2D eigenvalue weighted by molar-refractivity contribution is 5.35. The van der Waals surface area contributed by atoms with E-state index in [1.165, 1.54) is 5.56 Å². The average molecular weight is 247 g/mol. The minimum atomic E-state index is -0.351. The van der Waals surface area contributed by atoms with Gasteiger partial charge in [0, 0.05) is 12.1 Å². The third-order valence-electron chi connectivity index (χ3n) is 4.55. The Balaban J connectivity index is 2.19. The Morgan fingerprint density at radius 2 is 1.89 bits per heavy atom. The molecule has 0 amide bonds. The van der Waals surface area contributed by atoms with E-state index in [-0.39, 0.29) is 17.6 Å². The summed E-state index contributed by atoms with van der Waals surface area (Å²) in [7, 11) is 2.13. The summed E-state index contributed by atoms with van der Waals surface area (Å²) in [5, 5.41) is 10.5. The van der Waals surface area contributed by atoms with Gasteiger partial charge in [0.25, 0.3) is 0 Å². The van der Waals surface area contributed by atoms with E-state index in [9.17, 15) is 5.11 Å². The van der Waals surface area contributed by atoms with Gasteiger partial charge in [-0.25, -0.2) is 0 Å². The van der Waals surface area contributed by atoms with Crippen molar-refractivity contribution in [3.8, 4) is 0 Å². The van der Waals surface area contributed by atoms with E-state index in [1.54, 1.807) is 0 Å². The second kappa shape index (κ2) is 4.67. The van der Waals surface area contributed by atoms with Gasteiger partial charge in [0.2, 0.25) is 0 Å². The standard InChI is InChI=1S/C16H25NO/c1-11(16(2,3)4)17(5)14-10-12-8-6-7-9-13(12)15(14)18/h6-9,11,14-15,18H,10H2,1-5H3. The minimum Gasteiger partial charge on any atom is -0.387 e. The van der Waals surface area contributed by atoms with Crippen molar-refractivity contribution in [3.63, 3.8) is 0 Å². The van der Waals surface area contributed by atoms with Crippen molar-refractivity contribution in [1.82, 2.24) is 4.90 Å². The number of likely N-dealkylation sites (N-methyl/N-ethyl adjacent to an activating group) is 1. The zero-order chi connectivity index (χ0) is 13.5. The zero-order valence-electron chi connectivity index (χ0n) is 12.1. The number of aliphatic hydroxyl groups is 1. The summed E-state index contributed by atoms with van der Waals surface area (Å²) in [6.07, 6.45) is 0.602. The number of benzene rings is 1. The number of hydrogen-bond acceptors (Lipinski definition) is 2. The van der Waals surface area contributed by atoms with Crippen LogP contribution in [0.3, 0.4) is 0 Å². The molecule has 1 aromatic carbocycles. The van der Waals surface area contributed by atoms with Gasteiger partial charge in [-0.15, -0.1) is 0 Å². The molecule has 2 heteroatoms. The molecule has 0 fully saturated rings. The van der Waals surface area contributed by atoms with Crippen molar-refractivity contribution < 1.29 is 5.11 Å². The van der Waals surface area contributed by atoms with E-state index < -0.39 is 0 Å². The maximum atomic E-state index is 10.5. The van der Waals surface area contributed by atoms with Crippen LogP contribution in [0.1, 0.15) is 44.9 Å². The van der Waals surface area contributed by atoms with Crippen LogP contribution in [0.5, 0.6) is 0 Å². The first-order valence-corrected chi connectivity index (χ1v) is 6.80. The molecule has 1 N–H and O–H groups in total. The van der Waals surface area contributed by atoms with Crippen molar-refractivity contribution in [2.45, 2.75) is 52.3 Å². The van der Waals surface area contributed by atoms with E-state index in [1.807, 2.05) is 6.07 Å². The third kappa shape index (κ3) is 2.32. The molecule has 1 aliphatic carbocycles. The normalized spacial score (nSPS) is 25.3. The van der Waals surface area contributed by atoms with Crippen molar-refractivity contribution in [3.05, 3.63) is 35.4 Å². The van der Waals surface area contributed by atoms with Crippen molar-refractivity contribution in [2.75, 3.05) is 7.05 Å². The third-order valence-corrected chi connectivity index (χ3v) is 4.55. The molecule has 1 aliphatic rings. The fourth-order valence-electron chi connectivity index (χ4n) is 2.82. The first kappa shape index (κ1) is 13.6. The van der Waals surface area contributed by atoms with Crippen molar-refractivity contribution in [1.29, 1.82) is 0 Å². The lowest BCUT2D eigenvalue weighted by molar-refractivity contribution is 0.0241. The predicted octanol–water partition coefficient (Wildman–Crippen LogP) is 3.01. The first-order valence-electron chi connectivity index (χ1n) is 6.80. The van der Waals surface area contributed by atoms with Crippen LogP contribution in [0.25, 0.3) is 0 Å². The van der Waals surface area contributed by atoms with Gasteiger partial charge in [-0.3, -0.25) is 4.90 Å². The molecular weight excluding hydrogens is 222 g/mol. The Labute approximate surface area is 111 Å². The summed E-state index contributed by atoms with van der Waals surface area (Å²) in [6, 6.07) is 8.89. The van der Waals surface area contributed by atoms with Crippen LogP contribution < -0.4 is 0 Å². The van der Waals surface area contributed by atoms with Gasteiger partial charge in [-0.2, -0.15) is 0 Å². The van der Waals surface area contributed by atoms with Crippen molar-refractivity contribution >= 4 is 0 Å². The molecule has 3 unspecified atom stereocenters. The Kier molecular flexibility index (Phi) is 3.52. The molecule has 0 aliphatic heterocycles. The number of fused-ring (bicyclic) bond motifs is 1. The van der Waals surface area contributed by atoms with Gasteiger partial charge in [-0.05, 0) is 36.9 Å². The molecule has 0 spiro atoms. The smallest absolute Gasteiger partial charge is 0.0951 e. The highest BCUT2D eigenvalue weighted by Gasteiger charge is 2.37.